The zero-order chi connectivity index (χ0) is 12.3. The topological polar surface area (TPSA) is 72.7 Å². The van der Waals surface area contributed by atoms with Gasteiger partial charge in [0.25, 0.3) is 0 Å². The van der Waals surface area contributed by atoms with Crippen molar-refractivity contribution < 1.29 is 15.3 Å². The van der Waals surface area contributed by atoms with Gasteiger partial charge in [-0.2, -0.15) is 0 Å². The van der Waals surface area contributed by atoms with Crippen LogP contribution < -0.4 is 5.32 Å². The monoisotopic (exact) mass is 231 g/mol. The summed E-state index contributed by atoms with van der Waals surface area (Å²) in [4.78, 5) is 0. The second-order valence-corrected chi connectivity index (χ2v) is 3.68. The van der Waals surface area contributed by atoms with Crippen molar-refractivity contribution in [2.45, 2.75) is 6.54 Å². The number of nitrogens with one attached hydrogen (secondary N) is 1. The van der Waals surface area contributed by atoms with Crippen molar-refractivity contribution in [3.63, 3.8) is 0 Å². The first-order valence-electron chi connectivity index (χ1n) is 5.19. The SMILES string of the molecule is Oc1ccc(NCc2c(O)cccc2O)cc1. The van der Waals surface area contributed by atoms with E-state index in [1.807, 2.05) is 0 Å². The number of rotatable bonds is 3. The van der Waals surface area contributed by atoms with E-state index >= 15 is 0 Å². The lowest BCUT2D eigenvalue weighted by Gasteiger charge is -2.09. The molecule has 4 N–H and O–H groups in total. The van der Waals surface area contributed by atoms with E-state index in [0.29, 0.717) is 12.1 Å². The number of phenols is 3. The van der Waals surface area contributed by atoms with Gasteiger partial charge in [0.05, 0.1) is 5.56 Å². The summed E-state index contributed by atoms with van der Waals surface area (Å²) in [6, 6.07) is 11.2. The Hall–Kier alpha value is -2.36. The molecule has 4 heteroatoms. The zero-order valence-corrected chi connectivity index (χ0v) is 9.09. The van der Waals surface area contributed by atoms with Crippen LogP contribution in [0.1, 0.15) is 5.56 Å². The Morgan fingerprint density at radius 2 is 1.41 bits per heavy atom. The normalized spacial score (nSPS) is 10.1. The second-order valence-electron chi connectivity index (χ2n) is 3.68. The summed E-state index contributed by atoms with van der Waals surface area (Å²) in [7, 11) is 0. The second kappa shape index (κ2) is 4.65. The Morgan fingerprint density at radius 1 is 0.824 bits per heavy atom. The fourth-order valence-corrected chi connectivity index (χ4v) is 1.51. The molecule has 0 aliphatic heterocycles. The summed E-state index contributed by atoms with van der Waals surface area (Å²) in [5.41, 5.74) is 1.24. The molecule has 0 saturated carbocycles. The van der Waals surface area contributed by atoms with Gasteiger partial charge in [0, 0.05) is 12.2 Å². The van der Waals surface area contributed by atoms with Crippen molar-refractivity contribution in [1.82, 2.24) is 0 Å². The van der Waals surface area contributed by atoms with Crippen LogP contribution in [0.15, 0.2) is 42.5 Å². The maximum absolute atomic E-state index is 9.57. The van der Waals surface area contributed by atoms with Gasteiger partial charge < -0.3 is 20.6 Å². The fourth-order valence-electron chi connectivity index (χ4n) is 1.51. The van der Waals surface area contributed by atoms with Crippen LogP contribution in [0.2, 0.25) is 0 Å². The third-order valence-corrected chi connectivity index (χ3v) is 2.46. The predicted molar refractivity (Wildman–Crippen MR) is 65.2 cm³/mol. The van der Waals surface area contributed by atoms with Gasteiger partial charge in [-0.1, -0.05) is 6.07 Å². The largest absolute Gasteiger partial charge is 0.508 e. The van der Waals surface area contributed by atoms with Crippen molar-refractivity contribution in [3.8, 4) is 17.2 Å². The van der Waals surface area contributed by atoms with E-state index in [1.165, 1.54) is 12.1 Å². The molecule has 0 unspecified atom stereocenters. The van der Waals surface area contributed by atoms with Gasteiger partial charge in [-0.15, -0.1) is 0 Å². The highest BCUT2D eigenvalue weighted by Gasteiger charge is 2.06. The summed E-state index contributed by atoms with van der Waals surface area (Å²) in [5.74, 6) is 0.300. The average molecular weight is 231 g/mol. The molecule has 0 atom stereocenters. The summed E-state index contributed by atoms with van der Waals surface area (Å²) in [5, 5.41) is 31.3. The Morgan fingerprint density at radius 3 is 2.00 bits per heavy atom. The molecular weight excluding hydrogens is 218 g/mol. The number of benzene rings is 2. The molecule has 4 nitrogen and oxygen atoms in total. The van der Waals surface area contributed by atoms with Gasteiger partial charge >= 0.3 is 0 Å². The van der Waals surface area contributed by atoms with Gasteiger partial charge in [-0.05, 0) is 36.4 Å². The molecule has 0 heterocycles. The van der Waals surface area contributed by atoms with Gasteiger partial charge in [-0.3, -0.25) is 0 Å². The number of phenolic OH excluding ortho intramolecular Hbond substituents is 3. The highest BCUT2D eigenvalue weighted by molar-refractivity contribution is 5.50. The summed E-state index contributed by atoms with van der Waals surface area (Å²) in [6.07, 6.45) is 0. The first-order chi connectivity index (χ1) is 8.16. The van der Waals surface area contributed by atoms with Crippen LogP contribution >= 0.6 is 0 Å². The van der Waals surface area contributed by atoms with Crippen LogP contribution in [0.4, 0.5) is 5.69 Å². The van der Waals surface area contributed by atoms with Crippen LogP contribution in [0.25, 0.3) is 0 Å². The smallest absolute Gasteiger partial charge is 0.124 e. The van der Waals surface area contributed by atoms with Crippen molar-refractivity contribution in [2.24, 2.45) is 0 Å². The van der Waals surface area contributed by atoms with Crippen LogP contribution in [-0.4, -0.2) is 15.3 Å². The van der Waals surface area contributed by atoms with Crippen molar-refractivity contribution >= 4 is 5.69 Å². The predicted octanol–water partition coefficient (Wildman–Crippen LogP) is 2.42. The van der Waals surface area contributed by atoms with Crippen molar-refractivity contribution in [2.75, 3.05) is 5.32 Å². The molecule has 2 aromatic carbocycles. The molecule has 0 spiro atoms. The van der Waals surface area contributed by atoms with Gasteiger partial charge in [0.2, 0.25) is 0 Å². The Bertz CT molecular complexity index is 488. The maximum atomic E-state index is 9.57. The fraction of sp³-hybridized carbons (Fsp3) is 0.0769. The summed E-state index contributed by atoms with van der Waals surface area (Å²) in [6.45, 7) is 0.309. The molecule has 0 aliphatic rings. The summed E-state index contributed by atoms with van der Waals surface area (Å²) >= 11 is 0. The van der Waals surface area contributed by atoms with E-state index in [2.05, 4.69) is 5.32 Å². The van der Waals surface area contributed by atoms with Crippen molar-refractivity contribution in [3.05, 3.63) is 48.0 Å². The van der Waals surface area contributed by atoms with E-state index in [1.54, 1.807) is 30.3 Å². The highest BCUT2D eigenvalue weighted by atomic mass is 16.3. The van der Waals surface area contributed by atoms with E-state index in [0.717, 1.165) is 5.69 Å². The van der Waals surface area contributed by atoms with E-state index in [-0.39, 0.29) is 17.2 Å². The molecule has 0 fully saturated rings. The lowest BCUT2D eigenvalue weighted by atomic mass is 10.1. The molecule has 0 saturated heterocycles. The number of hydrogen-bond acceptors (Lipinski definition) is 4. The lowest BCUT2D eigenvalue weighted by molar-refractivity contribution is 0.440. The minimum atomic E-state index is 0.0521. The molecule has 88 valence electrons. The first kappa shape index (κ1) is 11.1. The van der Waals surface area contributed by atoms with Crippen LogP contribution in [0.3, 0.4) is 0 Å². The minimum absolute atomic E-state index is 0.0521. The highest BCUT2D eigenvalue weighted by Crippen LogP contribution is 2.27. The van der Waals surface area contributed by atoms with Gasteiger partial charge in [-0.25, -0.2) is 0 Å². The molecule has 2 aromatic rings. The molecule has 0 aromatic heterocycles. The standard InChI is InChI=1S/C13H13NO3/c15-10-6-4-9(5-7-10)14-8-11-12(16)2-1-3-13(11)17/h1-7,14-17H,8H2. The molecule has 17 heavy (non-hydrogen) atoms. The number of anilines is 1. The first-order valence-corrected chi connectivity index (χ1v) is 5.19. The van der Waals surface area contributed by atoms with E-state index in [4.69, 9.17) is 5.11 Å². The maximum Gasteiger partial charge on any atom is 0.124 e. The number of hydrogen-bond donors (Lipinski definition) is 4. The third kappa shape index (κ3) is 2.60. The van der Waals surface area contributed by atoms with Crippen LogP contribution in [0, 0.1) is 0 Å². The Kier molecular flexibility index (Phi) is 3.05. The number of aromatic hydroxyl groups is 3. The molecule has 0 amide bonds. The van der Waals surface area contributed by atoms with Crippen LogP contribution in [0.5, 0.6) is 17.2 Å². The average Bonchev–Trinajstić information content (AvgIpc) is 2.31. The Labute approximate surface area is 98.8 Å². The minimum Gasteiger partial charge on any atom is -0.508 e. The molecule has 0 aliphatic carbocycles. The van der Waals surface area contributed by atoms with E-state index < -0.39 is 0 Å². The quantitative estimate of drug-likeness (QED) is 0.612. The molecule has 2 rings (SSSR count). The zero-order valence-electron chi connectivity index (χ0n) is 9.09. The van der Waals surface area contributed by atoms with Crippen LogP contribution in [-0.2, 0) is 6.54 Å². The molecule has 0 radical (unpaired) electrons. The lowest BCUT2D eigenvalue weighted by Crippen LogP contribution is -1.99. The van der Waals surface area contributed by atoms with Gasteiger partial charge in [0.15, 0.2) is 0 Å². The van der Waals surface area contributed by atoms with E-state index in [9.17, 15) is 10.2 Å². The summed E-state index contributed by atoms with van der Waals surface area (Å²) < 4.78 is 0. The molecular formula is C13H13NO3. The molecule has 0 bridgehead atoms. The van der Waals surface area contributed by atoms with Gasteiger partial charge in [0.1, 0.15) is 17.2 Å². The van der Waals surface area contributed by atoms with Crippen molar-refractivity contribution in [1.29, 1.82) is 0 Å². The third-order valence-electron chi connectivity index (χ3n) is 2.46. The Balaban J connectivity index is 2.10.